The zero-order chi connectivity index (χ0) is 23.4. The van der Waals surface area contributed by atoms with E-state index in [1.54, 1.807) is 12.1 Å². The van der Waals surface area contributed by atoms with Crippen molar-refractivity contribution in [3.8, 4) is 5.75 Å². The van der Waals surface area contributed by atoms with Crippen molar-refractivity contribution in [2.75, 3.05) is 18.1 Å². The van der Waals surface area contributed by atoms with Crippen molar-refractivity contribution < 1.29 is 28.7 Å². The topological polar surface area (TPSA) is 93.2 Å². The van der Waals surface area contributed by atoms with Gasteiger partial charge in [0.1, 0.15) is 11.8 Å². The minimum absolute atomic E-state index is 0.0855. The number of carbonyl (C=O) groups is 4. The summed E-state index contributed by atoms with van der Waals surface area (Å²) in [5.41, 5.74) is 1.21. The average molecular weight is 450 g/mol. The molecule has 0 aliphatic carbocycles. The Labute approximate surface area is 192 Å². The van der Waals surface area contributed by atoms with Gasteiger partial charge < -0.3 is 14.4 Å². The van der Waals surface area contributed by atoms with E-state index >= 15 is 0 Å². The first-order valence-corrected chi connectivity index (χ1v) is 11.0. The summed E-state index contributed by atoms with van der Waals surface area (Å²) in [6.45, 7) is 2.19. The molecule has 2 aliphatic rings. The molecule has 0 saturated carbocycles. The van der Waals surface area contributed by atoms with Crippen molar-refractivity contribution in [3.63, 3.8) is 0 Å². The van der Waals surface area contributed by atoms with Crippen LogP contribution in [0.3, 0.4) is 0 Å². The molecule has 0 bridgehead atoms. The molecule has 8 heteroatoms. The van der Waals surface area contributed by atoms with E-state index in [0.29, 0.717) is 18.0 Å². The van der Waals surface area contributed by atoms with Gasteiger partial charge >= 0.3 is 5.97 Å². The number of hydrogen-bond acceptors (Lipinski definition) is 6. The zero-order valence-electron chi connectivity index (χ0n) is 18.4. The van der Waals surface area contributed by atoms with Crippen molar-refractivity contribution in [2.45, 2.75) is 44.8 Å². The van der Waals surface area contributed by atoms with Crippen LogP contribution in [0.2, 0.25) is 0 Å². The summed E-state index contributed by atoms with van der Waals surface area (Å²) < 4.78 is 10.7. The van der Waals surface area contributed by atoms with Gasteiger partial charge in [0, 0.05) is 20.1 Å². The molecule has 8 nitrogen and oxygen atoms in total. The third kappa shape index (κ3) is 5.28. The van der Waals surface area contributed by atoms with Crippen molar-refractivity contribution in [3.05, 3.63) is 60.2 Å². The van der Waals surface area contributed by atoms with Gasteiger partial charge in [-0.15, -0.1) is 0 Å². The molecule has 2 saturated heterocycles. The molecule has 0 aromatic heterocycles. The summed E-state index contributed by atoms with van der Waals surface area (Å²) >= 11 is 0. The molecule has 0 N–H and O–H groups in total. The van der Waals surface area contributed by atoms with Gasteiger partial charge in [-0.3, -0.25) is 19.2 Å². The maximum atomic E-state index is 13.3. The fourth-order valence-electron chi connectivity index (χ4n) is 4.24. The van der Waals surface area contributed by atoms with Crippen LogP contribution in [0.25, 0.3) is 0 Å². The van der Waals surface area contributed by atoms with E-state index in [1.165, 1.54) is 24.0 Å². The van der Waals surface area contributed by atoms with Gasteiger partial charge in [-0.2, -0.15) is 0 Å². The fourth-order valence-corrected chi connectivity index (χ4v) is 4.24. The first-order valence-electron chi connectivity index (χ1n) is 11.0. The molecule has 0 spiro atoms. The second-order valence-corrected chi connectivity index (χ2v) is 8.22. The molecule has 2 heterocycles. The predicted octanol–water partition coefficient (Wildman–Crippen LogP) is 2.49. The maximum absolute atomic E-state index is 13.3. The Bertz CT molecular complexity index is 1030. The Morgan fingerprint density at radius 3 is 2.45 bits per heavy atom. The molecule has 2 unspecified atom stereocenters. The number of esters is 1. The number of hydrogen-bond donors (Lipinski definition) is 0. The van der Waals surface area contributed by atoms with Crippen LogP contribution in [-0.4, -0.2) is 53.9 Å². The molecule has 172 valence electrons. The van der Waals surface area contributed by atoms with Crippen LogP contribution >= 0.6 is 0 Å². The van der Waals surface area contributed by atoms with E-state index in [-0.39, 0.29) is 37.3 Å². The number of carbonyl (C=O) groups excluding carboxylic acids is 4. The molecule has 2 aromatic rings. The molecule has 2 fully saturated rings. The van der Waals surface area contributed by atoms with Gasteiger partial charge in [-0.05, 0) is 42.7 Å². The van der Waals surface area contributed by atoms with Crippen LogP contribution in [-0.2, 0) is 30.3 Å². The number of amides is 3. The van der Waals surface area contributed by atoms with Crippen LogP contribution in [0.4, 0.5) is 5.69 Å². The van der Waals surface area contributed by atoms with Crippen molar-refractivity contribution in [1.29, 1.82) is 0 Å². The van der Waals surface area contributed by atoms with Crippen LogP contribution in [0.15, 0.2) is 54.6 Å². The summed E-state index contributed by atoms with van der Waals surface area (Å²) in [6, 6.07) is 14.6. The third-order valence-electron chi connectivity index (χ3n) is 5.80. The highest BCUT2D eigenvalue weighted by molar-refractivity contribution is 6.23. The second kappa shape index (κ2) is 9.95. The summed E-state index contributed by atoms with van der Waals surface area (Å²) in [5.74, 6) is -1.18. The molecular formula is C25H26N2O6. The summed E-state index contributed by atoms with van der Waals surface area (Å²) in [5, 5.41) is 0. The lowest BCUT2D eigenvalue weighted by Gasteiger charge is -2.30. The number of anilines is 1. The Morgan fingerprint density at radius 2 is 1.82 bits per heavy atom. The molecule has 3 amide bonds. The quantitative estimate of drug-likeness (QED) is 0.366. The highest BCUT2D eigenvalue weighted by atomic mass is 16.5. The molecular weight excluding hydrogens is 424 g/mol. The lowest BCUT2D eigenvalue weighted by molar-refractivity contribution is -0.139. The molecule has 2 aliphatic heterocycles. The maximum Gasteiger partial charge on any atom is 0.308 e. The Balaban J connectivity index is 1.55. The largest absolute Gasteiger partial charge is 0.427 e. The van der Waals surface area contributed by atoms with E-state index in [1.807, 2.05) is 30.3 Å². The third-order valence-corrected chi connectivity index (χ3v) is 5.80. The van der Waals surface area contributed by atoms with Gasteiger partial charge in [0.05, 0.1) is 24.6 Å². The summed E-state index contributed by atoms with van der Waals surface area (Å²) in [7, 11) is 0. The smallest absolute Gasteiger partial charge is 0.308 e. The Kier molecular flexibility index (Phi) is 6.84. The molecule has 4 rings (SSSR count). The van der Waals surface area contributed by atoms with Crippen LogP contribution < -0.4 is 9.64 Å². The summed E-state index contributed by atoms with van der Waals surface area (Å²) in [4.78, 5) is 53.2. The van der Waals surface area contributed by atoms with E-state index in [2.05, 4.69) is 0 Å². The van der Waals surface area contributed by atoms with Gasteiger partial charge in [0.25, 0.3) is 5.91 Å². The lowest BCUT2D eigenvalue weighted by atomic mass is 10.1. The number of rotatable bonds is 7. The second-order valence-electron chi connectivity index (χ2n) is 8.22. The first-order chi connectivity index (χ1) is 15.9. The normalized spacial score (nSPS) is 20.2. The SMILES string of the molecule is CC(=O)Oc1ccc(N2C(=O)CC(N(CC3CCCO3)C(=O)Cc3ccccc3)C2=O)cc1. The molecule has 33 heavy (non-hydrogen) atoms. The van der Waals surface area contributed by atoms with Crippen LogP contribution in [0.5, 0.6) is 5.75 Å². The number of benzene rings is 2. The van der Waals surface area contributed by atoms with Gasteiger partial charge in [0.2, 0.25) is 11.8 Å². The van der Waals surface area contributed by atoms with Crippen LogP contribution in [0.1, 0.15) is 31.7 Å². The molecule has 2 aromatic carbocycles. The van der Waals surface area contributed by atoms with E-state index in [9.17, 15) is 19.2 Å². The standard InChI is InChI=1S/C25H26N2O6/c1-17(28)33-20-11-9-19(10-12-20)27-24(30)15-22(25(27)31)26(16-21-8-5-13-32-21)23(29)14-18-6-3-2-4-7-18/h2-4,6-7,9-12,21-22H,5,8,13-16H2,1H3. The number of ether oxygens (including phenoxy) is 2. The minimum Gasteiger partial charge on any atom is -0.427 e. The van der Waals surface area contributed by atoms with Gasteiger partial charge in [-0.25, -0.2) is 4.90 Å². The summed E-state index contributed by atoms with van der Waals surface area (Å²) in [6.07, 6.45) is 1.62. The Hall–Kier alpha value is -3.52. The van der Waals surface area contributed by atoms with Gasteiger partial charge in [0.15, 0.2) is 0 Å². The van der Waals surface area contributed by atoms with Crippen molar-refractivity contribution in [2.24, 2.45) is 0 Å². The van der Waals surface area contributed by atoms with E-state index in [4.69, 9.17) is 9.47 Å². The van der Waals surface area contributed by atoms with E-state index < -0.39 is 17.9 Å². The average Bonchev–Trinajstić information content (AvgIpc) is 3.40. The number of nitrogens with zero attached hydrogens (tertiary/aromatic N) is 2. The van der Waals surface area contributed by atoms with Crippen molar-refractivity contribution >= 4 is 29.4 Å². The molecule has 0 radical (unpaired) electrons. The fraction of sp³-hybridized carbons (Fsp3) is 0.360. The number of imide groups is 1. The molecule has 2 atom stereocenters. The van der Waals surface area contributed by atoms with E-state index in [0.717, 1.165) is 23.3 Å². The van der Waals surface area contributed by atoms with Gasteiger partial charge in [-0.1, -0.05) is 30.3 Å². The minimum atomic E-state index is -0.883. The monoisotopic (exact) mass is 450 g/mol. The predicted molar refractivity (Wildman–Crippen MR) is 119 cm³/mol. The Morgan fingerprint density at radius 1 is 1.09 bits per heavy atom. The first kappa shape index (κ1) is 22.7. The lowest BCUT2D eigenvalue weighted by Crippen LogP contribution is -2.49. The zero-order valence-corrected chi connectivity index (χ0v) is 18.4. The highest BCUT2D eigenvalue weighted by Gasteiger charge is 2.45. The van der Waals surface area contributed by atoms with Crippen LogP contribution in [0, 0.1) is 0 Å². The van der Waals surface area contributed by atoms with Crippen molar-refractivity contribution in [1.82, 2.24) is 4.90 Å². The highest BCUT2D eigenvalue weighted by Crippen LogP contribution is 2.29.